The number of furan rings is 1. The summed E-state index contributed by atoms with van der Waals surface area (Å²) in [6, 6.07) is 8.96. The van der Waals surface area contributed by atoms with Gasteiger partial charge < -0.3 is 24.9 Å². The summed E-state index contributed by atoms with van der Waals surface area (Å²) >= 11 is 0. The van der Waals surface area contributed by atoms with Crippen molar-refractivity contribution in [1.82, 2.24) is 10.2 Å². The van der Waals surface area contributed by atoms with E-state index in [4.69, 9.17) is 4.42 Å². The second kappa shape index (κ2) is 10.0. The van der Waals surface area contributed by atoms with Crippen molar-refractivity contribution in [3.63, 3.8) is 0 Å². The van der Waals surface area contributed by atoms with Crippen LogP contribution in [0.1, 0.15) is 43.8 Å². The summed E-state index contributed by atoms with van der Waals surface area (Å²) in [6.45, 7) is 9.17. The summed E-state index contributed by atoms with van der Waals surface area (Å²) in [5.74, 6) is 0.248. The van der Waals surface area contributed by atoms with Gasteiger partial charge in [0, 0.05) is 44.6 Å². The number of hydrogen-bond acceptors (Lipinski definition) is 4. The number of rotatable bonds is 8. The highest BCUT2D eigenvalue weighted by Gasteiger charge is 2.24. The summed E-state index contributed by atoms with van der Waals surface area (Å²) in [4.78, 5) is 28.9. The lowest BCUT2D eigenvalue weighted by Gasteiger charge is -2.33. The molecular weight excluding hydrogens is 368 g/mol. The molecule has 0 aliphatic rings. The third-order valence-corrected chi connectivity index (χ3v) is 4.95. The quantitative estimate of drug-likeness (QED) is 0.697. The number of urea groups is 1. The topological polar surface area (TPSA) is 77.8 Å². The molecule has 1 aromatic heterocycles. The van der Waals surface area contributed by atoms with E-state index >= 15 is 0 Å². The van der Waals surface area contributed by atoms with Crippen molar-refractivity contribution in [1.29, 1.82) is 0 Å². The van der Waals surface area contributed by atoms with E-state index in [2.05, 4.69) is 31.4 Å². The highest BCUT2D eigenvalue weighted by atomic mass is 16.3. The summed E-state index contributed by atoms with van der Waals surface area (Å²) in [5.41, 5.74) is 2.59. The highest BCUT2D eigenvalue weighted by Crippen LogP contribution is 2.26. The summed E-state index contributed by atoms with van der Waals surface area (Å²) in [6.07, 6.45) is 1.47. The molecule has 29 heavy (non-hydrogen) atoms. The smallest absolute Gasteiger partial charge is 0.317 e. The fourth-order valence-corrected chi connectivity index (χ4v) is 3.02. The zero-order valence-corrected chi connectivity index (χ0v) is 18.2. The standard InChI is InChI=1S/C22H32N4O3/c1-7-23-22(28)26(16(4)15(2)3)14-17-13-18(10-11-19(17)25(5)6)24-21(27)20-9-8-12-29-20/h8-13,15-16H,7,14H2,1-6H3,(H,23,28)(H,24,27). The molecular formula is C22H32N4O3. The van der Waals surface area contributed by atoms with Gasteiger partial charge in [-0.3, -0.25) is 4.79 Å². The van der Waals surface area contributed by atoms with E-state index in [1.165, 1.54) is 6.26 Å². The molecule has 0 bridgehead atoms. The van der Waals surface area contributed by atoms with E-state index in [1.807, 2.05) is 49.0 Å². The maximum Gasteiger partial charge on any atom is 0.317 e. The molecule has 0 aliphatic carbocycles. The van der Waals surface area contributed by atoms with Gasteiger partial charge in [0.05, 0.1) is 6.26 Å². The monoisotopic (exact) mass is 400 g/mol. The van der Waals surface area contributed by atoms with Crippen molar-refractivity contribution in [2.75, 3.05) is 30.9 Å². The third-order valence-electron chi connectivity index (χ3n) is 4.95. The van der Waals surface area contributed by atoms with Gasteiger partial charge in [-0.15, -0.1) is 0 Å². The van der Waals surface area contributed by atoms with Gasteiger partial charge in [-0.05, 0) is 55.7 Å². The zero-order valence-electron chi connectivity index (χ0n) is 18.2. The Morgan fingerprint density at radius 3 is 2.41 bits per heavy atom. The van der Waals surface area contributed by atoms with E-state index in [9.17, 15) is 9.59 Å². The number of anilines is 2. The first-order valence-corrected chi connectivity index (χ1v) is 9.94. The molecule has 3 amide bonds. The SMILES string of the molecule is CCNC(=O)N(Cc1cc(NC(=O)c2ccco2)ccc1N(C)C)C(C)C(C)C. The van der Waals surface area contributed by atoms with Crippen LogP contribution >= 0.6 is 0 Å². The highest BCUT2D eigenvalue weighted by molar-refractivity contribution is 6.02. The lowest BCUT2D eigenvalue weighted by Crippen LogP contribution is -2.46. The van der Waals surface area contributed by atoms with Crippen LogP contribution in [0.3, 0.4) is 0 Å². The molecule has 1 aromatic carbocycles. The second-order valence-electron chi connectivity index (χ2n) is 7.62. The van der Waals surface area contributed by atoms with Gasteiger partial charge in [0.1, 0.15) is 0 Å². The van der Waals surface area contributed by atoms with E-state index in [1.54, 1.807) is 12.1 Å². The van der Waals surface area contributed by atoms with E-state index < -0.39 is 0 Å². The van der Waals surface area contributed by atoms with Crippen LogP contribution in [0.25, 0.3) is 0 Å². The predicted molar refractivity (Wildman–Crippen MR) is 116 cm³/mol. The van der Waals surface area contributed by atoms with E-state index in [0.29, 0.717) is 24.7 Å². The van der Waals surface area contributed by atoms with Gasteiger partial charge in [0.2, 0.25) is 0 Å². The summed E-state index contributed by atoms with van der Waals surface area (Å²) in [5, 5.41) is 5.77. The molecule has 0 fully saturated rings. The molecule has 0 aliphatic heterocycles. The minimum absolute atomic E-state index is 0.0536. The molecule has 7 heteroatoms. The van der Waals surface area contributed by atoms with Gasteiger partial charge in [0.15, 0.2) is 5.76 Å². The van der Waals surface area contributed by atoms with Gasteiger partial charge in [-0.2, -0.15) is 0 Å². The van der Waals surface area contributed by atoms with Gasteiger partial charge in [-0.1, -0.05) is 13.8 Å². The number of nitrogens with one attached hydrogen (secondary N) is 2. The molecule has 0 spiro atoms. The molecule has 1 heterocycles. The van der Waals surface area contributed by atoms with Crippen molar-refractivity contribution in [2.24, 2.45) is 5.92 Å². The van der Waals surface area contributed by atoms with Crippen LogP contribution < -0.4 is 15.5 Å². The molecule has 7 nitrogen and oxygen atoms in total. The molecule has 0 radical (unpaired) electrons. The number of benzene rings is 1. The molecule has 1 unspecified atom stereocenters. The molecule has 2 aromatic rings. The summed E-state index contributed by atoms with van der Waals surface area (Å²) in [7, 11) is 3.92. The molecule has 1 atom stereocenters. The average molecular weight is 401 g/mol. The van der Waals surface area contributed by atoms with Crippen molar-refractivity contribution in [2.45, 2.75) is 40.3 Å². The van der Waals surface area contributed by atoms with Crippen LogP contribution in [-0.2, 0) is 6.54 Å². The van der Waals surface area contributed by atoms with Crippen molar-refractivity contribution in [3.8, 4) is 0 Å². The third kappa shape index (κ3) is 5.76. The maximum absolute atomic E-state index is 12.7. The second-order valence-corrected chi connectivity index (χ2v) is 7.62. The first-order valence-electron chi connectivity index (χ1n) is 9.94. The maximum atomic E-state index is 12.7. The fourth-order valence-electron chi connectivity index (χ4n) is 3.02. The normalized spacial score (nSPS) is 11.8. The van der Waals surface area contributed by atoms with Crippen LogP contribution in [0, 0.1) is 5.92 Å². The molecule has 0 saturated heterocycles. The van der Waals surface area contributed by atoms with Crippen LogP contribution in [0.2, 0.25) is 0 Å². The Kier molecular flexibility index (Phi) is 7.70. The van der Waals surface area contributed by atoms with Crippen molar-refractivity contribution in [3.05, 3.63) is 47.9 Å². The van der Waals surface area contributed by atoms with Crippen molar-refractivity contribution >= 4 is 23.3 Å². The molecule has 2 rings (SSSR count). The number of carbonyl (C=O) groups is 2. The molecule has 2 N–H and O–H groups in total. The largest absolute Gasteiger partial charge is 0.459 e. The minimum Gasteiger partial charge on any atom is -0.459 e. The molecule has 0 saturated carbocycles. The predicted octanol–water partition coefficient (Wildman–Crippen LogP) is 4.17. The Balaban J connectivity index is 2.33. The average Bonchev–Trinajstić information content (AvgIpc) is 3.20. The van der Waals surface area contributed by atoms with Crippen LogP contribution in [0.15, 0.2) is 41.0 Å². The number of carbonyl (C=O) groups excluding carboxylic acids is 2. The Morgan fingerprint density at radius 1 is 1.14 bits per heavy atom. The summed E-state index contributed by atoms with van der Waals surface area (Å²) < 4.78 is 5.16. The van der Waals surface area contributed by atoms with Gasteiger partial charge in [-0.25, -0.2) is 4.79 Å². The minimum atomic E-state index is -0.310. The first kappa shape index (κ1) is 22.3. The van der Waals surface area contributed by atoms with E-state index in [0.717, 1.165) is 11.3 Å². The Hall–Kier alpha value is -2.96. The van der Waals surface area contributed by atoms with E-state index in [-0.39, 0.29) is 23.7 Å². The van der Waals surface area contributed by atoms with Crippen molar-refractivity contribution < 1.29 is 14.0 Å². The number of hydrogen-bond donors (Lipinski definition) is 2. The Bertz CT molecular complexity index is 815. The molecule has 158 valence electrons. The Labute approximate surface area is 173 Å². The first-order chi connectivity index (χ1) is 13.7. The van der Waals surface area contributed by atoms with Crippen LogP contribution in [-0.4, -0.2) is 43.5 Å². The van der Waals surface area contributed by atoms with Gasteiger partial charge in [0.25, 0.3) is 5.91 Å². The van der Waals surface area contributed by atoms with Crippen LogP contribution in [0.4, 0.5) is 16.2 Å². The number of nitrogens with zero attached hydrogens (tertiary/aromatic N) is 2. The Morgan fingerprint density at radius 2 is 1.86 bits per heavy atom. The lowest BCUT2D eigenvalue weighted by molar-refractivity contribution is 0.0996. The van der Waals surface area contributed by atoms with Gasteiger partial charge >= 0.3 is 6.03 Å². The number of amides is 3. The lowest BCUT2D eigenvalue weighted by atomic mass is 10.0. The zero-order chi connectivity index (χ0) is 21.6. The van der Waals surface area contributed by atoms with Crippen LogP contribution in [0.5, 0.6) is 0 Å². The fraction of sp³-hybridized carbons (Fsp3) is 0.455.